The van der Waals surface area contributed by atoms with Gasteiger partial charge in [0.25, 0.3) is 0 Å². The Morgan fingerprint density at radius 2 is 1.75 bits per heavy atom. The average molecular weight is 399 g/mol. The summed E-state index contributed by atoms with van der Waals surface area (Å²) in [5, 5.41) is 0.762. The first-order chi connectivity index (χ1) is 13.6. The smallest absolute Gasteiger partial charge is 0.227 e. The van der Waals surface area contributed by atoms with Gasteiger partial charge in [0.2, 0.25) is 5.91 Å². The van der Waals surface area contributed by atoms with E-state index >= 15 is 0 Å². The summed E-state index contributed by atoms with van der Waals surface area (Å²) in [5.41, 5.74) is 10.4. The summed E-state index contributed by atoms with van der Waals surface area (Å²) in [5.74, 6) is 0.227. The number of hydrazine groups is 1. The summed E-state index contributed by atoms with van der Waals surface area (Å²) >= 11 is 5.99. The molecule has 5 nitrogen and oxygen atoms in total. The number of piperazine rings is 1. The normalized spacial score (nSPS) is 23.1. The number of nitrogens with zero attached hydrogens (tertiary/aromatic N) is 2. The van der Waals surface area contributed by atoms with E-state index in [4.69, 9.17) is 11.6 Å². The Balaban J connectivity index is 1.28. The van der Waals surface area contributed by atoms with Crippen LogP contribution in [0.1, 0.15) is 29.2 Å². The monoisotopic (exact) mass is 398 g/mol. The van der Waals surface area contributed by atoms with Crippen molar-refractivity contribution >= 4 is 17.5 Å². The zero-order valence-corrected chi connectivity index (χ0v) is 17.0. The number of carbonyl (C=O) groups is 1. The maximum absolute atomic E-state index is 12.7. The molecule has 2 N–H and O–H groups in total. The van der Waals surface area contributed by atoms with Gasteiger partial charge in [-0.15, -0.1) is 0 Å². The molecule has 148 valence electrons. The maximum Gasteiger partial charge on any atom is 0.227 e. The molecular weight excluding hydrogens is 372 g/mol. The highest BCUT2D eigenvalue weighted by Gasteiger charge is 2.32. The fourth-order valence-corrected chi connectivity index (χ4v) is 4.18. The lowest BCUT2D eigenvalue weighted by Crippen LogP contribution is -2.55. The van der Waals surface area contributed by atoms with Crippen LogP contribution in [-0.4, -0.2) is 48.1 Å². The van der Waals surface area contributed by atoms with Crippen LogP contribution in [0.5, 0.6) is 0 Å². The largest absolute Gasteiger partial charge is 0.340 e. The van der Waals surface area contributed by atoms with Gasteiger partial charge in [-0.05, 0) is 42.2 Å². The third-order valence-corrected chi connectivity index (χ3v) is 6.12. The second-order valence-electron chi connectivity index (χ2n) is 7.66. The number of hydrogen-bond donors (Lipinski definition) is 2. The highest BCUT2D eigenvalue weighted by molar-refractivity contribution is 6.30. The number of aryl methyl sites for hydroxylation is 1. The van der Waals surface area contributed by atoms with E-state index in [0.717, 1.165) is 43.2 Å². The van der Waals surface area contributed by atoms with E-state index in [1.807, 2.05) is 29.2 Å². The van der Waals surface area contributed by atoms with Gasteiger partial charge in [-0.1, -0.05) is 48.0 Å². The third-order valence-electron chi connectivity index (χ3n) is 5.87. The Morgan fingerprint density at radius 1 is 1.04 bits per heavy atom. The molecule has 2 unspecified atom stereocenters. The van der Waals surface area contributed by atoms with Crippen LogP contribution in [-0.2, 0) is 11.2 Å². The molecule has 2 aliphatic rings. The minimum Gasteiger partial charge on any atom is -0.340 e. The van der Waals surface area contributed by atoms with Crippen molar-refractivity contribution in [3.8, 4) is 0 Å². The molecule has 2 heterocycles. The van der Waals surface area contributed by atoms with E-state index in [1.54, 1.807) is 0 Å². The lowest BCUT2D eigenvalue weighted by molar-refractivity contribution is -0.132. The summed E-state index contributed by atoms with van der Waals surface area (Å²) in [4.78, 5) is 17.1. The summed E-state index contributed by atoms with van der Waals surface area (Å²) < 4.78 is 0. The number of amides is 1. The summed E-state index contributed by atoms with van der Waals surface area (Å²) in [6.45, 7) is 5.43. The Bertz CT molecular complexity index is 818. The SMILES string of the molecule is Cc1ccccc1CC(=O)N1CCN(C2CC(c3ccc(Cl)cc3)NN2)CC1. The van der Waals surface area contributed by atoms with Crippen LogP contribution in [0.4, 0.5) is 0 Å². The molecule has 2 saturated heterocycles. The van der Waals surface area contributed by atoms with Crippen LogP contribution in [0.2, 0.25) is 5.02 Å². The predicted octanol–water partition coefficient (Wildman–Crippen LogP) is 2.90. The molecule has 2 aromatic carbocycles. The second-order valence-corrected chi connectivity index (χ2v) is 8.10. The highest BCUT2D eigenvalue weighted by Crippen LogP contribution is 2.25. The van der Waals surface area contributed by atoms with Crippen molar-refractivity contribution in [2.24, 2.45) is 0 Å². The second kappa shape index (κ2) is 8.62. The quantitative estimate of drug-likeness (QED) is 0.831. The average Bonchev–Trinajstić information content (AvgIpc) is 3.20. The lowest BCUT2D eigenvalue weighted by Gasteiger charge is -2.37. The highest BCUT2D eigenvalue weighted by atomic mass is 35.5. The molecule has 4 rings (SSSR count). The molecule has 1 amide bonds. The fraction of sp³-hybridized carbons (Fsp3) is 0.409. The van der Waals surface area contributed by atoms with Crippen molar-refractivity contribution in [3.05, 3.63) is 70.2 Å². The van der Waals surface area contributed by atoms with Gasteiger partial charge in [-0.2, -0.15) is 0 Å². The molecule has 2 fully saturated rings. The van der Waals surface area contributed by atoms with E-state index in [0.29, 0.717) is 6.42 Å². The van der Waals surface area contributed by atoms with Gasteiger partial charge in [-0.25, -0.2) is 10.9 Å². The molecule has 2 aliphatic heterocycles. The molecule has 28 heavy (non-hydrogen) atoms. The number of halogens is 1. The van der Waals surface area contributed by atoms with Gasteiger partial charge in [-0.3, -0.25) is 9.69 Å². The van der Waals surface area contributed by atoms with Crippen molar-refractivity contribution in [2.75, 3.05) is 26.2 Å². The summed E-state index contributed by atoms with van der Waals surface area (Å²) in [7, 11) is 0. The van der Waals surface area contributed by atoms with Crippen molar-refractivity contribution in [1.82, 2.24) is 20.7 Å². The van der Waals surface area contributed by atoms with Crippen LogP contribution in [0.15, 0.2) is 48.5 Å². The van der Waals surface area contributed by atoms with E-state index in [-0.39, 0.29) is 18.1 Å². The number of benzene rings is 2. The topological polar surface area (TPSA) is 47.6 Å². The minimum atomic E-state index is 0.227. The Labute approximate surface area is 171 Å². The zero-order valence-electron chi connectivity index (χ0n) is 16.2. The number of rotatable bonds is 4. The number of hydrogen-bond acceptors (Lipinski definition) is 4. The zero-order chi connectivity index (χ0) is 19.5. The van der Waals surface area contributed by atoms with Gasteiger partial charge < -0.3 is 4.90 Å². The molecule has 0 radical (unpaired) electrons. The van der Waals surface area contributed by atoms with Crippen LogP contribution in [0, 0.1) is 6.92 Å². The third kappa shape index (κ3) is 4.39. The van der Waals surface area contributed by atoms with E-state index < -0.39 is 0 Å². The summed E-state index contributed by atoms with van der Waals surface area (Å²) in [6, 6.07) is 16.4. The first-order valence-corrected chi connectivity index (χ1v) is 10.3. The van der Waals surface area contributed by atoms with E-state index in [9.17, 15) is 4.79 Å². The van der Waals surface area contributed by atoms with Crippen LogP contribution in [0.3, 0.4) is 0 Å². The Kier molecular flexibility index (Phi) is 5.97. The van der Waals surface area contributed by atoms with Gasteiger partial charge in [0.05, 0.1) is 12.6 Å². The molecule has 0 saturated carbocycles. The van der Waals surface area contributed by atoms with Gasteiger partial charge in [0.15, 0.2) is 0 Å². The predicted molar refractivity (Wildman–Crippen MR) is 112 cm³/mol. The van der Waals surface area contributed by atoms with Gasteiger partial charge >= 0.3 is 0 Å². The first-order valence-electron chi connectivity index (χ1n) is 9.93. The molecule has 0 bridgehead atoms. The standard InChI is InChI=1S/C22H27ClN4O/c1-16-4-2-3-5-18(16)14-22(28)27-12-10-26(11-13-27)21-15-20(24-25-21)17-6-8-19(23)9-7-17/h2-9,20-21,24-25H,10-15H2,1H3. The maximum atomic E-state index is 12.7. The number of carbonyl (C=O) groups excluding carboxylic acids is 1. The molecular formula is C22H27ClN4O. The van der Waals surface area contributed by atoms with Gasteiger partial charge in [0, 0.05) is 37.2 Å². The van der Waals surface area contributed by atoms with Crippen LogP contribution in [0.25, 0.3) is 0 Å². The van der Waals surface area contributed by atoms with Gasteiger partial charge in [0.1, 0.15) is 0 Å². The van der Waals surface area contributed by atoms with E-state index in [1.165, 1.54) is 11.1 Å². The molecule has 0 aliphatic carbocycles. The first kappa shape index (κ1) is 19.4. The molecule has 0 aromatic heterocycles. The van der Waals surface area contributed by atoms with E-state index in [2.05, 4.69) is 46.9 Å². The lowest BCUT2D eigenvalue weighted by atomic mass is 10.0. The Morgan fingerprint density at radius 3 is 2.46 bits per heavy atom. The molecule has 6 heteroatoms. The summed E-state index contributed by atoms with van der Waals surface area (Å²) in [6.07, 6.45) is 1.78. The van der Waals surface area contributed by atoms with Crippen molar-refractivity contribution in [2.45, 2.75) is 32.0 Å². The van der Waals surface area contributed by atoms with Crippen LogP contribution >= 0.6 is 11.6 Å². The van der Waals surface area contributed by atoms with Crippen molar-refractivity contribution in [3.63, 3.8) is 0 Å². The minimum absolute atomic E-state index is 0.227. The molecule has 2 aromatic rings. The van der Waals surface area contributed by atoms with Crippen molar-refractivity contribution < 1.29 is 4.79 Å². The van der Waals surface area contributed by atoms with Crippen LogP contribution < -0.4 is 10.9 Å². The number of nitrogens with one attached hydrogen (secondary N) is 2. The molecule has 0 spiro atoms. The molecule has 2 atom stereocenters. The fourth-order valence-electron chi connectivity index (χ4n) is 4.06. The Hall–Kier alpha value is -1.92. The van der Waals surface area contributed by atoms with Crippen molar-refractivity contribution in [1.29, 1.82) is 0 Å².